The number of aliphatic hydroxyl groups excluding tert-OH is 1. The average molecular weight is 396 g/mol. The SMILES string of the molecule is CNC(=O)C(NCc1ccc(OCc2ccc(C(F)(F)F)cc2)cc1)C(C)O. The number of carbonyl (C=O) groups excluding carboxylic acids is 1. The van der Waals surface area contributed by atoms with Gasteiger partial charge in [0.05, 0.1) is 11.7 Å². The number of rotatable bonds is 8. The van der Waals surface area contributed by atoms with Crippen molar-refractivity contribution in [1.29, 1.82) is 0 Å². The summed E-state index contributed by atoms with van der Waals surface area (Å²) >= 11 is 0. The van der Waals surface area contributed by atoms with E-state index in [0.717, 1.165) is 17.7 Å². The Hall–Kier alpha value is -2.58. The lowest BCUT2D eigenvalue weighted by Gasteiger charge is -2.20. The zero-order valence-corrected chi connectivity index (χ0v) is 15.6. The summed E-state index contributed by atoms with van der Waals surface area (Å²) in [6.07, 6.45) is -5.19. The van der Waals surface area contributed by atoms with E-state index in [1.165, 1.54) is 26.1 Å². The van der Waals surface area contributed by atoms with Crippen molar-refractivity contribution in [3.63, 3.8) is 0 Å². The molecule has 0 saturated heterocycles. The van der Waals surface area contributed by atoms with Crippen LogP contribution in [0.3, 0.4) is 0 Å². The highest BCUT2D eigenvalue weighted by Gasteiger charge is 2.29. The molecule has 28 heavy (non-hydrogen) atoms. The van der Waals surface area contributed by atoms with Crippen molar-refractivity contribution in [2.45, 2.75) is 38.4 Å². The largest absolute Gasteiger partial charge is 0.489 e. The maximum Gasteiger partial charge on any atom is 0.416 e. The van der Waals surface area contributed by atoms with E-state index in [9.17, 15) is 23.1 Å². The first kappa shape index (κ1) is 21.7. The number of hydrogen-bond donors (Lipinski definition) is 3. The fourth-order valence-corrected chi connectivity index (χ4v) is 2.53. The number of likely N-dealkylation sites (N-methyl/N-ethyl adjacent to an activating group) is 1. The zero-order chi connectivity index (χ0) is 20.7. The van der Waals surface area contributed by atoms with E-state index in [4.69, 9.17) is 4.74 Å². The third-order valence-corrected chi connectivity index (χ3v) is 4.15. The van der Waals surface area contributed by atoms with Gasteiger partial charge in [0.15, 0.2) is 0 Å². The summed E-state index contributed by atoms with van der Waals surface area (Å²) in [5.41, 5.74) is 0.820. The second-order valence-corrected chi connectivity index (χ2v) is 6.34. The number of alkyl halides is 3. The van der Waals surface area contributed by atoms with Crippen LogP contribution >= 0.6 is 0 Å². The van der Waals surface area contributed by atoms with Crippen molar-refractivity contribution in [2.24, 2.45) is 0 Å². The number of nitrogens with one attached hydrogen (secondary N) is 2. The van der Waals surface area contributed by atoms with Crippen molar-refractivity contribution in [3.05, 3.63) is 65.2 Å². The lowest BCUT2D eigenvalue weighted by molar-refractivity contribution is -0.137. The zero-order valence-electron chi connectivity index (χ0n) is 15.6. The molecule has 1 amide bonds. The Kier molecular flexibility index (Phi) is 7.42. The molecule has 152 valence electrons. The van der Waals surface area contributed by atoms with E-state index < -0.39 is 23.9 Å². The van der Waals surface area contributed by atoms with E-state index >= 15 is 0 Å². The van der Waals surface area contributed by atoms with E-state index in [2.05, 4.69) is 10.6 Å². The van der Waals surface area contributed by atoms with Gasteiger partial charge in [0.25, 0.3) is 0 Å². The molecule has 2 rings (SSSR count). The predicted molar refractivity (Wildman–Crippen MR) is 98.6 cm³/mol. The second-order valence-electron chi connectivity index (χ2n) is 6.34. The van der Waals surface area contributed by atoms with Crippen LogP contribution in [-0.2, 0) is 24.1 Å². The highest BCUT2D eigenvalue weighted by Crippen LogP contribution is 2.29. The molecule has 3 N–H and O–H groups in total. The molecule has 2 atom stereocenters. The normalized spacial score (nSPS) is 13.6. The Bertz CT molecular complexity index is 760. The first-order chi connectivity index (χ1) is 13.2. The van der Waals surface area contributed by atoms with E-state index in [1.54, 1.807) is 24.3 Å². The predicted octanol–water partition coefficient (Wildman–Crippen LogP) is 2.87. The fourth-order valence-electron chi connectivity index (χ4n) is 2.53. The van der Waals surface area contributed by atoms with Gasteiger partial charge in [-0.15, -0.1) is 0 Å². The molecule has 0 aromatic heterocycles. The molecule has 5 nitrogen and oxygen atoms in total. The van der Waals surface area contributed by atoms with E-state index in [0.29, 0.717) is 17.9 Å². The second kappa shape index (κ2) is 9.57. The molecule has 0 bridgehead atoms. The minimum atomic E-state index is -4.35. The molecule has 0 aliphatic carbocycles. The van der Waals surface area contributed by atoms with E-state index in [-0.39, 0.29) is 12.5 Å². The van der Waals surface area contributed by atoms with Gasteiger partial charge in [-0.3, -0.25) is 10.1 Å². The molecule has 0 fully saturated rings. The third-order valence-electron chi connectivity index (χ3n) is 4.15. The summed E-state index contributed by atoms with van der Waals surface area (Å²) in [7, 11) is 1.50. The molecule has 0 heterocycles. The molecule has 2 unspecified atom stereocenters. The van der Waals surface area contributed by atoms with Crippen molar-refractivity contribution in [2.75, 3.05) is 7.05 Å². The van der Waals surface area contributed by atoms with Gasteiger partial charge in [-0.1, -0.05) is 24.3 Å². The highest BCUT2D eigenvalue weighted by atomic mass is 19.4. The Morgan fingerprint density at radius 1 is 1.07 bits per heavy atom. The van der Waals surface area contributed by atoms with Crippen LogP contribution < -0.4 is 15.4 Å². The van der Waals surface area contributed by atoms with Gasteiger partial charge in [-0.25, -0.2) is 0 Å². The first-order valence-electron chi connectivity index (χ1n) is 8.71. The van der Waals surface area contributed by atoms with Gasteiger partial charge in [0, 0.05) is 13.6 Å². The molecule has 0 aliphatic heterocycles. The Balaban J connectivity index is 1.88. The molecule has 0 saturated carbocycles. The fraction of sp³-hybridized carbons (Fsp3) is 0.350. The van der Waals surface area contributed by atoms with Crippen LogP contribution in [0.25, 0.3) is 0 Å². The summed E-state index contributed by atoms with van der Waals surface area (Å²) in [5, 5.41) is 15.1. The molecule has 2 aromatic rings. The molecule has 0 aliphatic rings. The van der Waals surface area contributed by atoms with Crippen LogP contribution in [0.2, 0.25) is 0 Å². The molecule has 8 heteroatoms. The van der Waals surface area contributed by atoms with Gasteiger partial charge in [0.2, 0.25) is 5.91 Å². The minimum Gasteiger partial charge on any atom is -0.489 e. The number of benzene rings is 2. The number of halogens is 3. The summed E-state index contributed by atoms with van der Waals surface area (Å²) in [6, 6.07) is 11.2. The smallest absolute Gasteiger partial charge is 0.416 e. The molecule has 2 aromatic carbocycles. The monoisotopic (exact) mass is 396 g/mol. The van der Waals surface area contributed by atoms with Crippen LogP contribution in [0.1, 0.15) is 23.6 Å². The molecular weight excluding hydrogens is 373 g/mol. The molecule has 0 radical (unpaired) electrons. The van der Waals surface area contributed by atoms with Crippen LogP contribution in [-0.4, -0.2) is 30.2 Å². The number of aliphatic hydroxyl groups is 1. The van der Waals surface area contributed by atoms with E-state index in [1.807, 2.05) is 0 Å². The number of amides is 1. The Morgan fingerprint density at radius 2 is 1.64 bits per heavy atom. The standard InChI is InChI=1S/C20H23F3N2O3/c1-13(26)18(19(27)24-2)25-11-14-5-9-17(10-6-14)28-12-15-3-7-16(8-4-15)20(21,22)23/h3-10,13,18,25-26H,11-12H2,1-2H3,(H,24,27). The lowest BCUT2D eigenvalue weighted by atomic mass is 10.1. The first-order valence-corrected chi connectivity index (χ1v) is 8.71. The van der Waals surface area contributed by atoms with Crippen molar-refractivity contribution < 1.29 is 27.8 Å². The Labute approximate surface area is 161 Å². The molecular formula is C20H23F3N2O3. The van der Waals surface area contributed by atoms with Gasteiger partial charge in [-0.2, -0.15) is 13.2 Å². The van der Waals surface area contributed by atoms with Crippen LogP contribution in [0, 0.1) is 0 Å². The van der Waals surface area contributed by atoms with Crippen LogP contribution in [0.4, 0.5) is 13.2 Å². The maximum atomic E-state index is 12.6. The van der Waals surface area contributed by atoms with Crippen molar-refractivity contribution in [3.8, 4) is 5.75 Å². The number of hydrogen-bond acceptors (Lipinski definition) is 4. The van der Waals surface area contributed by atoms with Crippen LogP contribution in [0.15, 0.2) is 48.5 Å². The topological polar surface area (TPSA) is 70.6 Å². The van der Waals surface area contributed by atoms with Crippen molar-refractivity contribution >= 4 is 5.91 Å². The van der Waals surface area contributed by atoms with Crippen molar-refractivity contribution in [1.82, 2.24) is 10.6 Å². The van der Waals surface area contributed by atoms with Crippen LogP contribution in [0.5, 0.6) is 5.75 Å². The van der Waals surface area contributed by atoms with Gasteiger partial charge in [-0.05, 0) is 42.3 Å². The highest BCUT2D eigenvalue weighted by molar-refractivity contribution is 5.82. The third kappa shape index (κ3) is 6.24. The maximum absolute atomic E-state index is 12.6. The van der Waals surface area contributed by atoms with Gasteiger partial charge in [0.1, 0.15) is 18.4 Å². The number of ether oxygens (including phenoxy) is 1. The summed E-state index contributed by atoms with van der Waals surface area (Å²) in [4.78, 5) is 11.7. The van der Waals surface area contributed by atoms with Gasteiger partial charge >= 0.3 is 6.18 Å². The number of carbonyl (C=O) groups is 1. The summed E-state index contributed by atoms with van der Waals surface area (Å²) in [6.45, 7) is 2.06. The summed E-state index contributed by atoms with van der Waals surface area (Å²) < 4.78 is 43.3. The lowest BCUT2D eigenvalue weighted by Crippen LogP contribution is -2.49. The quantitative estimate of drug-likeness (QED) is 0.642. The minimum absolute atomic E-state index is 0.149. The average Bonchev–Trinajstić information content (AvgIpc) is 2.66. The summed E-state index contributed by atoms with van der Waals surface area (Å²) in [5.74, 6) is 0.272. The van der Waals surface area contributed by atoms with Gasteiger partial charge < -0.3 is 15.2 Å². The molecule has 0 spiro atoms. The Morgan fingerprint density at radius 3 is 2.14 bits per heavy atom.